The predicted octanol–water partition coefficient (Wildman–Crippen LogP) is 5.16. The topological polar surface area (TPSA) is 27.7 Å². The van der Waals surface area contributed by atoms with Crippen molar-refractivity contribution < 1.29 is 12.3 Å². The summed E-state index contributed by atoms with van der Waals surface area (Å²) in [4.78, 5) is 0. The van der Waals surface area contributed by atoms with Crippen LogP contribution in [0.25, 0.3) is 0 Å². The van der Waals surface area contributed by atoms with E-state index in [4.69, 9.17) is 12.3 Å². The van der Waals surface area contributed by atoms with Crippen molar-refractivity contribution in [3.63, 3.8) is 0 Å². The lowest BCUT2D eigenvalue weighted by Crippen LogP contribution is -2.90. The fourth-order valence-corrected chi connectivity index (χ4v) is 41.5. The van der Waals surface area contributed by atoms with Crippen LogP contribution in [-0.4, -0.2) is 32.8 Å². The first-order chi connectivity index (χ1) is 27.2. The minimum absolute atomic E-state index is 1.04. The number of hydrogen-bond donors (Lipinski definition) is 0. The third-order valence-corrected chi connectivity index (χ3v) is 36.0. The molecule has 0 aliphatic carbocycles. The molecule has 8 aromatic carbocycles. The molecule has 3 nitrogen and oxygen atoms in total. The van der Waals surface area contributed by atoms with Crippen molar-refractivity contribution in [1.29, 1.82) is 0 Å². The van der Waals surface area contributed by atoms with Gasteiger partial charge in [0.05, 0.1) is 0 Å². The molecule has 1 aliphatic rings. The Morgan fingerprint density at radius 1 is 0.182 bits per heavy atom. The van der Waals surface area contributed by atoms with Crippen LogP contribution >= 0.6 is 0 Å². The van der Waals surface area contributed by atoms with Gasteiger partial charge < -0.3 is 12.3 Å². The lowest BCUT2D eigenvalue weighted by atomic mass is 10.4. The maximum Gasteiger partial charge on any atom is 0.388 e. The Balaban J connectivity index is 1.58. The van der Waals surface area contributed by atoms with Crippen LogP contribution in [0.1, 0.15) is 0 Å². The van der Waals surface area contributed by atoms with Crippen LogP contribution in [0.2, 0.25) is 0 Å². The van der Waals surface area contributed by atoms with Crippen molar-refractivity contribution in [2.24, 2.45) is 0 Å². The highest BCUT2D eigenvalue weighted by Crippen LogP contribution is 2.36. The predicted molar refractivity (Wildman–Crippen MR) is 235 cm³/mol. The van der Waals surface area contributed by atoms with Crippen molar-refractivity contribution in [2.45, 2.75) is 0 Å². The molecule has 1 saturated heterocycles. The Kier molecular flexibility index (Phi) is 9.59. The van der Waals surface area contributed by atoms with Gasteiger partial charge >= 0.3 is 17.1 Å². The molecule has 8 aromatic rings. The zero-order chi connectivity index (χ0) is 37.0. The molecule has 0 aromatic heterocycles. The average molecular weight is 777 g/mol. The minimum Gasteiger partial charge on any atom is -0.422 e. The Hall–Kier alpha value is -5.49. The molecule has 0 spiro atoms. The van der Waals surface area contributed by atoms with Gasteiger partial charge in [-0.2, -0.15) is 0 Å². The highest BCUT2D eigenvalue weighted by molar-refractivity contribution is 7.57. The highest BCUT2D eigenvalue weighted by Gasteiger charge is 2.74. The lowest BCUT2D eigenvalue weighted by Gasteiger charge is -2.49. The number of hydrogen-bond acceptors (Lipinski definition) is 3. The van der Waals surface area contributed by atoms with E-state index in [0.29, 0.717) is 0 Å². The lowest BCUT2D eigenvalue weighted by molar-refractivity contribution is 0.384. The van der Waals surface area contributed by atoms with E-state index in [1.807, 2.05) is 0 Å². The summed E-state index contributed by atoms with van der Waals surface area (Å²) in [5, 5.41) is 8.79. The number of benzene rings is 8. The average Bonchev–Trinajstić information content (AvgIpc) is 3.43. The molecule has 1 heterocycles. The Bertz CT molecular complexity index is 2110. The van der Waals surface area contributed by atoms with Gasteiger partial charge in [0, 0.05) is 0 Å². The third kappa shape index (κ3) is 5.89. The van der Waals surface area contributed by atoms with Gasteiger partial charge in [-0.25, -0.2) is 0 Å². The van der Waals surface area contributed by atoms with Gasteiger partial charge in [-0.15, -0.1) is 0 Å². The summed E-state index contributed by atoms with van der Waals surface area (Å²) in [6.07, 6.45) is 0. The van der Waals surface area contributed by atoms with Gasteiger partial charge in [0.25, 0.3) is 15.7 Å². The standard InChI is InChI=1S/C48H40O3Si4/c1-9-25-41(26-10-1)52(42-27-11-2-12-28-42)49-53(43-29-13-3-14-30-43,44-31-15-4-16-32-44)51-55(47-37-21-7-22-38-47,48-39-23-8-24-40-48)54(50-52,45-33-17-5-18-34-45)46-35-19-6-20-36-46/h1-40H. The molecule has 9 rings (SSSR count). The molecule has 0 unspecified atom stereocenters. The number of rotatable bonds is 8. The van der Waals surface area contributed by atoms with E-state index in [9.17, 15) is 0 Å². The first-order valence-corrected chi connectivity index (χ1v) is 27.2. The van der Waals surface area contributed by atoms with Crippen LogP contribution in [0.5, 0.6) is 0 Å². The van der Waals surface area contributed by atoms with E-state index in [1.54, 1.807) is 0 Å². The van der Waals surface area contributed by atoms with Crippen LogP contribution in [0.3, 0.4) is 0 Å². The maximum atomic E-state index is 8.78. The molecule has 0 bridgehead atoms. The summed E-state index contributed by atoms with van der Waals surface area (Å²) < 4.78 is 26.0. The first kappa shape index (κ1) is 35.2. The molecular weight excluding hydrogens is 737 g/mol. The molecule has 0 amide bonds. The van der Waals surface area contributed by atoms with Gasteiger partial charge in [0.15, 0.2) is 0 Å². The Labute approximate surface area is 327 Å². The molecule has 0 radical (unpaired) electrons. The summed E-state index contributed by atoms with van der Waals surface area (Å²) in [6.45, 7) is 0. The van der Waals surface area contributed by atoms with E-state index in [-0.39, 0.29) is 0 Å². The fraction of sp³-hybridized carbons (Fsp3) is 0. The molecule has 0 N–H and O–H groups in total. The summed E-state index contributed by atoms with van der Waals surface area (Å²) >= 11 is 0. The second-order valence-corrected chi connectivity index (χ2v) is 30.3. The molecule has 55 heavy (non-hydrogen) atoms. The minimum atomic E-state index is -3.81. The van der Waals surface area contributed by atoms with Crippen LogP contribution in [-0.2, 0) is 12.3 Å². The van der Waals surface area contributed by atoms with Crippen LogP contribution in [0.15, 0.2) is 243 Å². The van der Waals surface area contributed by atoms with Crippen molar-refractivity contribution in [3.8, 4) is 0 Å². The molecule has 266 valence electrons. The quantitative estimate of drug-likeness (QED) is 0.200. The molecule has 7 heteroatoms. The van der Waals surface area contributed by atoms with Crippen molar-refractivity contribution >= 4 is 74.3 Å². The summed E-state index contributed by atoms with van der Waals surface area (Å²) in [7, 11) is -15.0. The Morgan fingerprint density at radius 2 is 0.345 bits per heavy atom. The fourth-order valence-electron chi connectivity index (χ4n) is 8.33. The molecule has 1 aliphatic heterocycles. The second-order valence-electron chi connectivity index (χ2n) is 13.8. The third-order valence-electron chi connectivity index (χ3n) is 10.7. The second kappa shape index (κ2) is 15.0. The van der Waals surface area contributed by atoms with E-state index in [0.717, 1.165) is 41.5 Å². The first-order valence-electron chi connectivity index (χ1n) is 18.8. The largest absolute Gasteiger partial charge is 0.422 e. The monoisotopic (exact) mass is 776 g/mol. The van der Waals surface area contributed by atoms with Crippen LogP contribution in [0.4, 0.5) is 0 Å². The summed E-state index contributed by atoms with van der Waals surface area (Å²) in [5.74, 6) is 0. The smallest absolute Gasteiger partial charge is 0.388 e. The normalized spacial score (nSPS) is 16.7. The van der Waals surface area contributed by atoms with Crippen molar-refractivity contribution in [3.05, 3.63) is 243 Å². The SMILES string of the molecule is c1ccc([Si]2(c3ccccc3)O[Si](c3ccccc3)(c3ccccc3)O[Si](c3ccccc3)(c3ccccc3)[Si](c3ccccc3)(c3ccccc3)O2)cc1. The van der Waals surface area contributed by atoms with E-state index < -0.39 is 32.8 Å². The van der Waals surface area contributed by atoms with Gasteiger partial charge in [0.1, 0.15) is 0 Å². The summed E-state index contributed by atoms with van der Waals surface area (Å²) in [5.41, 5.74) is 0. The zero-order valence-electron chi connectivity index (χ0n) is 30.3. The van der Waals surface area contributed by atoms with Gasteiger partial charge in [0.2, 0.25) is 0 Å². The van der Waals surface area contributed by atoms with Gasteiger partial charge in [-0.1, -0.05) is 243 Å². The van der Waals surface area contributed by atoms with E-state index >= 15 is 0 Å². The van der Waals surface area contributed by atoms with Gasteiger partial charge in [-0.3, -0.25) is 0 Å². The summed E-state index contributed by atoms with van der Waals surface area (Å²) in [6, 6.07) is 86.9. The Morgan fingerprint density at radius 3 is 0.527 bits per heavy atom. The molecule has 0 atom stereocenters. The van der Waals surface area contributed by atoms with Crippen molar-refractivity contribution in [1.82, 2.24) is 0 Å². The maximum absolute atomic E-state index is 8.78. The zero-order valence-corrected chi connectivity index (χ0v) is 34.3. The molecule has 1 fully saturated rings. The van der Waals surface area contributed by atoms with Gasteiger partial charge in [-0.05, 0) is 41.5 Å². The molecule has 0 saturated carbocycles. The van der Waals surface area contributed by atoms with Crippen LogP contribution in [0, 0.1) is 0 Å². The van der Waals surface area contributed by atoms with E-state index in [1.165, 1.54) is 0 Å². The highest BCUT2D eigenvalue weighted by atomic mass is 29.3. The van der Waals surface area contributed by atoms with Crippen LogP contribution < -0.4 is 41.5 Å². The van der Waals surface area contributed by atoms with Crippen molar-refractivity contribution in [2.75, 3.05) is 0 Å². The molecular formula is C48H40O3Si4. The van der Waals surface area contributed by atoms with E-state index in [2.05, 4.69) is 243 Å².